The summed E-state index contributed by atoms with van der Waals surface area (Å²) in [7, 11) is 1.91. The average molecular weight is 320 g/mol. The van der Waals surface area contributed by atoms with Crippen molar-refractivity contribution in [1.82, 2.24) is 19.6 Å². The molecule has 1 atom stereocenters. The first-order valence-corrected chi connectivity index (χ1v) is 8.14. The number of carbonyl (C=O) groups is 2. The van der Waals surface area contributed by atoms with E-state index in [4.69, 9.17) is 4.74 Å². The normalized spacial score (nSPS) is 22.0. The molecule has 2 aliphatic rings. The van der Waals surface area contributed by atoms with Crippen molar-refractivity contribution in [3.63, 3.8) is 0 Å². The first-order chi connectivity index (χ1) is 11.0. The van der Waals surface area contributed by atoms with Crippen LogP contribution < -0.4 is 0 Å². The van der Waals surface area contributed by atoms with Gasteiger partial charge in [-0.3, -0.25) is 14.3 Å². The summed E-state index contributed by atoms with van der Waals surface area (Å²) in [4.78, 5) is 28.1. The van der Waals surface area contributed by atoms with Gasteiger partial charge in [-0.05, 0) is 20.3 Å². The quantitative estimate of drug-likeness (QED) is 0.816. The van der Waals surface area contributed by atoms with Crippen molar-refractivity contribution in [2.75, 3.05) is 32.8 Å². The van der Waals surface area contributed by atoms with Crippen molar-refractivity contribution in [2.45, 2.75) is 32.7 Å². The van der Waals surface area contributed by atoms with E-state index in [1.807, 2.05) is 30.5 Å². The molecule has 0 N–H and O–H groups in total. The van der Waals surface area contributed by atoms with Gasteiger partial charge in [0, 0.05) is 37.8 Å². The van der Waals surface area contributed by atoms with Crippen LogP contribution in [0.2, 0.25) is 0 Å². The van der Waals surface area contributed by atoms with E-state index in [1.54, 1.807) is 4.90 Å². The molecule has 2 fully saturated rings. The predicted molar refractivity (Wildman–Crippen MR) is 83.8 cm³/mol. The van der Waals surface area contributed by atoms with Crippen molar-refractivity contribution >= 4 is 11.8 Å². The van der Waals surface area contributed by atoms with Gasteiger partial charge in [0.05, 0.1) is 31.5 Å². The minimum Gasteiger partial charge on any atom is -0.377 e. The summed E-state index contributed by atoms with van der Waals surface area (Å²) in [6.45, 7) is 6.40. The van der Waals surface area contributed by atoms with Crippen LogP contribution in [0.15, 0.2) is 0 Å². The number of rotatable bonds is 3. The lowest BCUT2D eigenvalue weighted by Crippen LogP contribution is -2.48. The number of ether oxygens (including phenoxy) is 1. The molecule has 3 rings (SSSR count). The van der Waals surface area contributed by atoms with Crippen molar-refractivity contribution in [2.24, 2.45) is 7.05 Å². The number of amides is 2. The monoisotopic (exact) mass is 320 g/mol. The third-order valence-corrected chi connectivity index (χ3v) is 4.84. The van der Waals surface area contributed by atoms with Gasteiger partial charge < -0.3 is 14.5 Å². The largest absolute Gasteiger partial charge is 0.377 e. The van der Waals surface area contributed by atoms with Gasteiger partial charge in [0.25, 0.3) is 0 Å². The highest BCUT2D eigenvalue weighted by Gasteiger charge is 2.34. The molecule has 1 aromatic rings. The lowest BCUT2D eigenvalue weighted by Gasteiger charge is -2.37. The molecule has 0 spiro atoms. The Bertz CT molecular complexity index is 625. The Labute approximate surface area is 136 Å². The average Bonchev–Trinajstić information content (AvgIpc) is 3.03. The van der Waals surface area contributed by atoms with Crippen molar-refractivity contribution in [3.05, 3.63) is 17.0 Å². The molecule has 0 saturated carbocycles. The van der Waals surface area contributed by atoms with E-state index in [9.17, 15) is 9.59 Å². The van der Waals surface area contributed by atoms with Gasteiger partial charge in [-0.15, -0.1) is 0 Å². The lowest BCUT2D eigenvalue weighted by atomic mass is 10.0. The molecular weight excluding hydrogens is 296 g/mol. The van der Waals surface area contributed by atoms with Crippen LogP contribution in [0.25, 0.3) is 0 Å². The molecule has 1 aromatic heterocycles. The Hall–Kier alpha value is -1.89. The van der Waals surface area contributed by atoms with Crippen LogP contribution in [0, 0.1) is 13.8 Å². The molecule has 0 radical (unpaired) electrons. The number of aromatic nitrogens is 2. The van der Waals surface area contributed by atoms with Crippen LogP contribution in [-0.4, -0.2) is 64.2 Å². The Morgan fingerprint density at radius 1 is 1.35 bits per heavy atom. The third-order valence-electron chi connectivity index (χ3n) is 4.84. The van der Waals surface area contributed by atoms with Crippen LogP contribution >= 0.6 is 0 Å². The fourth-order valence-electron chi connectivity index (χ4n) is 3.54. The molecule has 23 heavy (non-hydrogen) atoms. The minimum absolute atomic E-state index is 0.00352. The fourth-order valence-corrected chi connectivity index (χ4v) is 3.54. The zero-order chi connectivity index (χ0) is 16.6. The molecule has 2 saturated heterocycles. The van der Waals surface area contributed by atoms with Gasteiger partial charge in [0.15, 0.2) is 0 Å². The second kappa shape index (κ2) is 6.31. The van der Waals surface area contributed by atoms with Crippen molar-refractivity contribution < 1.29 is 14.3 Å². The van der Waals surface area contributed by atoms with Gasteiger partial charge in [0.2, 0.25) is 11.8 Å². The summed E-state index contributed by atoms with van der Waals surface area (Å²) < 4.78 is 7.46. The molecule has 0 bridgehead atoms. The summed E-state index contributed by atoms with van der Waals surface area (Å²) >= 11 is 0. The van der Waals surface area contributed by atoms with Gasteiger partial charge in [-0.1, -0.05) is 0 Å². The maximum absolute atomic E-state index is 12.8. The zero-order valence-electron chi connectivity index (χ0n) is 14.0. The summed E-state index contributed by atoms with van der Waals surface area (Å²) in [5, 5.41) is 4.45. The number of hydrogen-bond donors (Lipinski definition) is 0. The smallest absolute Gasteiger partial charge is 0.242 e. The van der Waals surface area contributed by atoms with Gasteiger partial charge in [-0.25, -0.2) is 0 Å². The van der Waals surface area contributed by atoms with Crippen LogP contribution in [0.4, 0.5) is 0 Å². The predicted octanol–water partition coefficient (Wildman–Crippen LogP) is 0.559. The number of nitrogens with zero attached hydrogens (tertiary/aromatic N) is 4. The van der Waals surface area contributed by atoms with Crippen molar-refractivity contribution in [3.8, 4) is 0 Å². The van der Waals surface area contributed by atoms with Crippen LogP contribution in [0.1, 0.15) is 35.8 Å². The second-order valence-electron chi connectivity index (χ2n) is 6.30. The second-order valence-corrected chi connectivity index (χ2v) is 6.30. The molecule has 2 aliphatic heterocycles. The Morgan fingerprint density at radius 2 is 2.13 bits per heavy atom. The third kappa shape index (κ3) is 2.97. The number of likely N-dealkylation sites (tertiary alicyclic amines) is 1. The first-order valence-electron chi connectivity index (χ1n) is 8.14. The van der Waals surface area contributed by atoms with Gasteiger partial charge in [-0.2, -0.15) is 5.10 Å². The summed E-state index contributed by atoms with van der Waals surface area (Å²) in [5.74, 6) is 0.0769. The highest BCUT2D eigenvalue weighted by atomic mass is 16.5. The standard InChI is InChI=1S/C16H24N4O3/c1-11-16(12(2)18(3)17-11)13-10-23-8-7-20(13)15(22)9-19-6-4-5-14(19)21/h13H,4-10H2,1-3H3. The Balaban J connectivity index is 1.81. The maximum Gasteiger partial charge on any atom is 0.242 e. The van der Waals surface area contributed by atoms with Crippen molar-refractivity contribution in [1.29, 1.82) is 0 Å². The zero-order valence-corrected chi connectivity index (χ0v) is 14.0. The molecule has 7 heteroatoms. The van der Waals surface area contributed by atoms with E-state index >= 15 is 0 Å². The van der Waals surface area contributed by atoms with E-state index in [0.29, 0.717) is 32.7 Å². The van der Waals surface area contributed by atoms with E-state index in [1.165, 1.54) is 0 Å². The SMILES string of the molecule is Cc1nn(C)c(C)c1C1COCCN1C(=O)CN1CCCC1=O. The highest BCUT2D eigenvalue weighted by molar-refractivity contribution is 5.86. The molecule has 7 nitrogen and oxygen atoms in total. The number of carbonyl (C=O) groups excluding carboxylic acids is 2. The van der Waals surface area contributed by atoms with Gasteiger partial charge in [0.1, 0.15) is 0 Å². The summed E-state index contributed by atoms with van der Waals surface area (Å²) in [6.07, 6.45) is 1.40. The topological polar surface area (TPSA) is 67.7 Å². The van der Waals surface area contributed by atoms with Gasteiger partial charge >= 0.3 is 0 Å². The van der Waals surface area contributed by atoms with E-state index in [-0.39, 0.29) is 24.4 Å². The molecule has 1 unspecified atom stereocenters. The molecule has 2 amide bonds. The van der Waals surface area contributed by atoms with E-state index in [2.05, 4.69) is 5.10 Å². The van der Waals surface area contributed by atoms with Crippen LogP contribution in [0.5, 0.6) is 0 Å². The van der Waals surface area contributed by atoms with Crippen LogP contribution in [-0.2, 0) is 21.4 Å². The highest BCUT2D eigenvalue weighted by Crippen LogP contribution is 2.29. The maximum atomic E-state index is 12.8. The first kappa shape index (κ1) is 16.0. The molecular formula is C16H24N4O3. The fraction of sp³-hybridized carbons (Fsp3) is 0.688. The molecule has 126 valence electrons. The molecule has 0 aliphatic carbocycles. The van der Waals surface area contributed by atoms with E-state index < -0.39 is 0 Å². The Morgan fingerprint density at radius 3 is 2.74 bits per heavy atom. The van der Waals surface area contributed by atoms with Crippen LogP contribution in [0.3, 0.4) is 0 Å². The number of morpholine rings is 1. The number of aryl methyl sites for hydroxylation is 2. The lowest BCUT2D eigenvalue weighted by molar-refractivity contribution is -0.144. The Kier molecular flexibility index (Phi) is 4.39. The molecule has 3 heterocycles. The summed E-state index contributed by atoms with van der Waals surface area (Å²) in [5.41, 5.74) is 3.04. The van der Waals surface area contributed by atoms with E-state index in [0.717, 1.165) is 23.4 Å². The minimum atomic E-state index is -0.123. The summed E-state index contributed by atoms with van der Waals surface area (Å²) in [6, 6.07) is -0.123. The molecule has 0 aromatic carbocycles. The number of hydrogen-bond acceptors (Lipinski definition) is 4.